The van der Waals surface area contributed by atoms with Crippen molar-refractivity contribution in [2.24, 2.45) is 5.73 Å². The molecular weight excluding hydrogens is 327 g/mol. The van der Waals surface area contributed by atoms with Gasteiger partial charge in [-0.05, 0) is 30.2 Å². The highest BCUT2D eigenvalue weighted by molar-refractivity contribution is 6.02. The third kappa shape index (κ3) is 5.28. The van der Waals surface area contributed by atoms with Crippen molar-refractivity contribution >= 4 is 17.5 Å². The summed E-state index contributed by atoms with van der Waals surface area (Å²) in [6.07, 6.45) is 7.73. The van der Waals surface area contributed by atoms with Gasteiger partial charge in [-0.15, -0.1) is 6.42 Å². The number of terminal acetylenes is 1. The molecule has 0 aliphatic rings. The van der Waals surface area contributed by atoms with Gasteiger partial charge in [0.05, 0.1) is 12.4 Å². The first kappa shape index (κ1) is 17.9. The minimum Gasteiger partial charge on any atom is -0.463 e. The first-order valence-corrected chi connectivity index (χ1v) is 7.26. The molecule has 0 saturated carbocycles. The van der Waals surface area contributed by atoms with Gasteiger partial charge < -0.3 is 15.8 Å². The van der Waals surface area contributed by atoms with Crippen LogP contribution in [0.15, 0.2) is 30.6 Å². The first-order valence-electron chi connectivity index (χ1n) is 7.26. The van der Waals surface area contributed by atoms with Gasteiger partial charge in [0.2, 0.25) is 11.8 Å². The monoisotopic (exact) mass is 342 g/mol. The number of hydrogen-bond acceptors (Lipinski definition) is 5. The molecule has 2 aromatic rings. The van der Waals surface area contributed by atoms with Crippen LogP contribution in [0.5, 0.6) is 5.88 Å². The quantitative estimate of drug-likeness (QED) is 0.738. The Kier molecular flexibility index (Phi) is 6.01. The van der Waals surface area contributed by atoms with Gasteiger partial charge in [0.1, 0.15) is 11.5 Å². The van der Waals surface area contributed by atoms with Crippen molar-refractivity contribution in [1.29, 1.82) is 0 Å². The second kappa shape index (κ2) is 8.40. The summed E-state index contributed by atoms with van der Waals surface area (Å²) in [6.45, 7) is 0.0455. The number of hydrogen-bond donors (Lipinski definition) is 2. The van der Waals surface area contributed by atoms with Crippen molar-refractivity contribution in [3.05, 3.63) is 47.7 Å². The number of aryl methyl sites for hydroxylation is 1. The minimum atomic E-state index is -0.531. The average molecular weight is 342 g/mol. The topological polar surface area (TPSA) is 107 Å². The predicted octanol–water partition coefficient (Wildman–Crippen LogP) is 1.30. The lowest BCUT2D eigenvalue weighted by atomic mass is 10.1. The molecule has 2 rings (SSSR count). The Morgan fingerprint density at radius 1 is 1.32 bits per heavy atom. The Labute approximate surface area is 143 Å². The molecule has 0 atom stereocenters. The molecule has 0 aliphatic carbocycles. The maximum Gasteiger partial charge on any atom is 0.275 e. The van der Waals surface area contributed by atoms with Crippen LogP contribution in [0, 0.1) is 18.2 Å². The van der Waals surface area contributed by atoms with E-state index in [1.807, 2.05) is 0 Å². The molecule has 1 heterocycles. The minimum absolute atomic E-state index is 0.0128. The van der Waals surface area contributed by atoms with Crippen LogP contribution in [0.1, 0.15) is 22.5 Å². The molecule has 0 aliphatic heterocycles. The zero-order valence-corrected chi connectivity index (χ0v) is 13.2. The van der Waals surface area contributed by atoms with Crippen LogP contribution in [0.4, 0.5) is 10.1 Å². The third-order valence-electron chi connectivity index (χ3n) is 3.11. The van der Waals surface area contributed by atoms with Gasteiger partial charge in [-0.25, -0.2) is 14.4 Å². The van der Waals surface area contributed by atoms with Crippen LogP contribution in [0.3, 0.4) is 0 Å². The average Bonchev–Trinajstić information content (AvgIpc) is 2.60. The van der Waals surface area contributed by atoms with E-state index in [9.17, 15) is 14.0 Å². The van der Waals surface area contributed by atoms with Crippen LogP contribution in [0.2, 0.25) is 0 Å². The molecule has 7 nitrogen and oxygen atoms in total. The number of ether oxygens (including phenoxy) is 1. The summed E-state index contributed by atoms with van der Waals surface area (Å²) in [7, 11) is 0. The number of primary amides is 1. The smallest absolute Gasteiger partial charge is 0.275 e. The molecule has 0 spiro atoms. The molecule has 25 heavy (non-hydrogen) atoms. The Morgan fingerprint density at radius 2 is 2.12 bits per heavy atom. The van der Waals surface area contributed by atoms with Crippen molar-refractivity contribution in [3.8, 4) is 18.2 Å². The lowest BCUT2D eigenvalue weighted by Gasteiger charge is -2.08. The molecule has 0 fully saturated rings. The van der Waals surface area contributed by atoms with Gasteiger partial charge in [0.15, 0.2) is 6.61 Å². The highest BCUT2D eigenvalue weighted by atomic mass is 19.1. The molecule has 0 unspecified atom stereocenters. The van der Waals surface area contributed by atoms with E-state index in [4.69, 9.17) is 16.9 Å². The van der Waals surface area contributed by atoms with Crippen molar-refractivity contribution in [2.75, 3.05) is 11.9 Å². The summed E-state index contributed by atoms with van der Waals surface area (Å²) in [6, 6.07) is 4.04. The second-order valence-electron chi connectivity index (χ2n) is 4.96. The molecule has 8 heteroatoms. The van der Waals surface area contributed by atoms with E-state index < -0.39 is 17.6 Å². The number of benzene rings is 1. The van der Waals surface area contributed by atoms with E-state index in [1.165, 1.54) is 30.6 Å². The van der Waals surface area contributed by atoms with Gasteiger partial charge in [0, 0.05) is 12.1 Å². The normalized spacial score (nSPS) is 9.92. The number of rotatable bonds is 7. The molecule has 0 radical (unpaired) electrons. The van der Waals surface area contributed by atoms with Crippen molar-refractivity contribution in [1.82, 2.24) is 9.97 Å². The highest BCUT2D eigenvalue weighted by Gasteiger charge is 2.11. The van der Waals surface area contributed by atoms with Crippen molar-refractivity contribution in [3.63, 3.8) is 0 Å². The fourth-order valence-electron chi connectivity index (χ4n) is 1.92. The second-order valence-corrected chi connectivity index (χ2v) is 4.96. The molecule has 0 saturated heterocycles. The zero-order chi connectivity index (χ0) is 18.2. The SMILES string of the molecule is C#CCOc1cnc(C(=O)Nc2ccc(F)c(CCC(N)=O)c2)cn1. The summed E-state index contributed by atoms with van der Waals surface area (Å²) in [5.74, 6) is 0.950. The summed E-state index contributed by atoms with van der Waals surface area (Å²) in [5, 5.41) is 2.58. The number of amides is 2. The lowest BCUT2D eigenvalue weighted by Crippen LogP contribution is -2.15. The number of carbonyl (C=O) groups is 2. The van der Waals surface area contributed by atoms with E-state index >= 15 is 0 Å². The molecule has 2 amide bonds. The van der Waals surface area contributed by atoms with Crippen molar-refractivity contribution in [2.45, 2.75) is 12.8 Å². The van der Waals surface area contributed by atoms with E-state index in [0.717, 1.165) is 0 Å². The van der Waals surface area contributed by atoms with E-state index in [0.29, 0.717) is 5.69 Å². The summed E-state index contributed by atoms with van der Waals surface area (Å²) in [5.41, 5.74) is 5.75. The number of nitrogens with zero attached hydrogens (tertiary/aromatic N) is 2. The van der Waals surface area contributed by atoms with Crippen LogP contribution in [-0.4, -0.2) is 28.4 Å². The predicted molar refractivity (Wildman–Crippen MR) is 88.2 cm³/mol. The van der Waals surface area contributed by atoms with Crippen LogP contribution < -0.4 is 15.8 Å². The van der Waals surface area contributed by atoms with E-state index in [2.05, 4.69) is 21.2 Å². The highest BCUT2D eigenvalue weighted by Crippen LogP contribution is 2.17. The molecular formula is C17H15FN4O3. The van der Waals surface area contributed by atoms with Crippen LogP contribution in [0.25, 0.3) is 0 Å². The van der Waals surface area contributed by atoms with Crippen LogP contribution >= 0.6 is 0 Å². The number of nitrogens with one attached hydrogen (secondary N) is 1. The number of carbonyl (C=O) groups excluding carboxylic acids is 2. The standard InChI is InChI=1S/C17H15FN4O3/c1-2-7-25-16-10-20-14(9-21-16)17(24)22-12-4-5-13(18)11(8-12)3-6-15(19)23/h1,4-5,8-10H,3,6-7H2,(H2,19,23)(H,22,24). The fourth-order valence-corrected chi connectivity index (χ4v) is 1.92. The Balaban J connectivity index is 2.05. The number of anilines is 1. The van der Waals surface area contributed by atoms with E-state index in [1.54, 1.807) is 0 Å². The zero-order valence-electron chi connectivity index (χ0n) is 13.2. The van der Waals surface area contributed by atoms with E-state index in [-0.39, 0.29) is 36.6 Å². The molecule has 1 aromatic heterocycles. The third-order valence-corrected chi connectivity index (χ3v) is 3.11. The molecule has 1 aromatic carbocycles. The Hall–Kier alpha value is -3.47. The fraction of sp³-hybridized carbons (Fsp3) is 0.176. The maximum absolute atomic E-state index is 13.7. The number of halogens is 1. The van der Waals surface area contributed by atoms with Gasteiger partial charge in [-0.3, -0.25) is 9.59 Å². The van der Waals surface area contributed by atoms with Crippen LogP contribution in [-0.2, 0) is 11.2 Å². The van der Waals surface area contributed by atoms with Gasteiger partial charge >= 0.3 is 0 Å². The molecule has 0 bridgehead atoms. The summed E-state index contributed by atoms with van der Waals surface area (Å²) < 4.78 is 18.8. The largest absolute Gasteiger partial charge is 0.463 e. The van der Waals surface area contributed by atoms with Crippen molar-refractivity contribution < 1.29 is 18.7 Å². The molecule has 128 valence electrons. The Bertz CT molecular complexity index is 816. The van der Waals surface area contributed by atoms with Gasteiger partial charge in [-0.2, -0.15) is 0 Å². The Morgan fingerprint density at radius 3 is 2.76 bits per heavy atom. The summed E-state index contributed by atoms with van der Waals surface area (Å²) in [4.78, 5) is 30.8. The first-order chi connectivity index (χ1) is 12.0. The maximum atomic E-state index is 13.7. The van der Waals surface area contributed by atoms with Gasteiger partial charge in [-0.1, -0.05) is 5.92 Å². The number of nitrogens with two attached hydrogens (primary N) is 1. The number of aromatic nitrogens is 2. The van der Waals surface area contributed by atoms with Gasteiger partial charge in [0.25, 0.3) is 5.91 Å². The lowest BCUT2D eigenvalue weighted by molar-refractivity contribution is -0.118. The molecule has 3 N–H and O–H groups in total. The summed E-state index contributed by atoms with van der Waals surface area (Å²) >= 11 is 0.